The fraction of sp³-hybridized carbons (Fsp3) is 0.500. The first-order valence-electron chi connectivity index (χ1n) is 4.13. The molecule has 70 valence electrons. The van der Waals surface area contributed by atoms with E-state index in [4.69, 9.17) is 15.2 Å². The number of hydrogen-bond acceptors (Lipinski definition) is 5. The molecule has 0 aromatic carbocycles. The summed E-state index contributed by atoms with van der Waals surface area (Å²) in [5.74, 6) is 1.17. The molecule has 0 unspecified atom stereocenters. The maximum absolute atomic E-state index is 5.50. The molecule has 5 heteroatoms. The van der Waals surface area contributed by atoms with Gasteiger partial charge in [-0.15, -0.1) is 0 Å². The molecule has 5 nitrogen and oxygen atoms in total. The zero-order valence-corrected chi connectivity index (χ0v) is 7.36. The minimum atomic E-state index is 0.194. The van der Waals surface area contributed by atoms with Crippen LogP contribution in [0.25, 0.3) is 0 Å². The Balaban J connectivity index is 2.21. The summed E-state index contributed by atoms with van der Waals surface area (Å²) in [4.78, 5) is 7.72. The number of nitrogen functional groups attached to an aromatic ring is 1. The molecule has 0 spiro atoms. The van der Waals surface area contributed by atoms with Crippen LogP contribution in [0.2, 0.25) is 0 Å². The van der Waals surface area contributed by atoms with Crippen LogP contribution in [0.15, 0.2) is 6.20 Å². The Morgan fingerprint density at radius 1 is 1.54 bits per heavy atom. The Kier molecular flexibility index (Phi) is 1.92. The lowest BCUT2D eigenvalue weighted by atomic mass is 10.5. The van der Waals surface area contributed by atoms with Gasteiger partial charge in [-0.2, -0.15) is 4.98 Å². The van der Waals surface area contributed by atoms with Gasteiger partial charge in [0.1, 0.15) is 0 Å². The van der Waals surface area contributed by atoms with Crippen LogP contribution in [-0.4, -0.2) is 23.2 Å². The summed E-state index contributed by atoms with van der Waals surface area (Å²) in [5, 5.41) is 0. The van der Waals surface area contributed by atoms with Crippen molar-refractivity contribution in [1.29, 1.82) is 0 Å². The number of nitrogens with zero attached hydrogens (tertiary/aromatic N) is 2. The topological polar surface area (TPSA) is 70.3 Å². The molecule has 1 aliphatic rings. The minimum Gasteiger partial charge on any atom is -0.483 e. The maximum atomic E-state index is 5.50. The fourth-order valence-corrected chi connectivity index (χ4v) is 0.961. The highest BCUT2D eigenvalue weighted by Crippen LogP contribution is 2.31. The quantitative estimate of drug-likeness (QED) is 0.739. The van der Waals surface area contributed by atoms with E-state index in [1.54, 1.807) is 6.20 Å². The average Bonchev–Trinajstić information content (AvgIpc) is 2.92. The molecule has 2 N–H and O–H groups in total. The summed E-state index contributed by atoms with van der Waals surface area (Å²) in [7, 11) is 1.53. The normalized spacial score (nSPS) is 15.5. The number of nitrogens with two attached hydrogens (primary N) is 1. The number of methoxy groups -OCH3 is 1. The molecule has 1 aliphatic carbocycles. The summed E-state index contributed by atoms with van der Waals surface area (Å²) >= 11 is 0. The van der Waals surface area contributed by atoms with Crippen LogP contribution in [0.3, 0.4) is 0 Å². The van der Waals surface area contributed by atoms with Crippen molar-refractivity contribution in [3.05, 3.63) is 6.20 Å². The van der Waals surface area contributed by atoms with Gasteiger partial charge in [-0.3, -0.25) is 0 Å². The van der Waals surface area contributed by atoms with E-state index in [0.717, 1.165) is 12.8 Å². The molecule has 1 aromatic heterocycles. The number of aromatic nitrogens is 2. The number of ether oxygens (including phenoxy) is 2. The van der Waals surface area contributed by atoms with Gasteiger partial charge in [-0.05, 0) is 12.8 Å². The third-order valence-corrected chi connectivity index (χ3v) is 1.75. The van der Waals surface area contributed by atoms with Crippen LogP contribution in [0.4, 0.5) is 5.95 Å². The second-order valence-corrected chi connectivity index (χ2v) is 2.92. The number of anilines is 1. The molecule has 1 aromatic rings. The summed E-state index contributed by atoms with van der Waals surface area (Å²) in [5.41, 5.74) is 5.39. The third-order valence-electron chi connectivity index (χ3n) is 1.75. The van der Waals surface area contributed by atoms with Crippen LogP contribution < -0.4 is 15.2 Å². The second-order valence-electron chi connectivity index (χ2n) is 2.92. The van der Waals surface area contributed by atoms with E-state index in [1.807, 2.05) is 0 Å². The highest BCUT2D eigenvalue weighted by molar-refractivity contribution is 5.35. The summed E-state index contributed by atoms with van der Waals surface area (Å²) in [6, 6.07) is 0. The first kappa shape index (κ1) is 8.10. The Bertz CT molecular complexity index is 312. The van der Waals surface area contributed by atoms with E-state index in [-0.39, 0.29) is 5.95 Å². The van der Waals surface area contributed by atoms with Gasteiger partial charge in [-0.25, -0.2) is 4.98 Å². The van der Waals surface area contributed by atoms with Crippen molar-refractivity contribution < 1.29 is 9.47 Å². The van der Waals surface area contributed by atoms with E-state index in [1.165, 1.54) is 7.11 Å². The third kappa shape index (κ3) is 1.80. The highest BCUT2D eigenvalue weighted by atomic mass is 16.5. The molecular weight excluding hydrogens is 170 g/mol. The van der Waals surface area contributed by atoms with Crippen molar-refractivity contribution >= 4 is 5.95 Å². The maximum Gasteiger partial charge on any atom is 0.261 e. The zero-order valence-electron chi connectivity index (χ0n) is 7.36. The molecule has 13 heavy (non-hydrogen) atoms. The molecule has 0 bridgehead atoms. The van der Waals surface area contributed by atoms with Gasteiger partial charge in [0.25, 0.3) is 5.88 Å². The molecule has 0 radical (unpaired) electrons. The van der Waals surface area contributed by atoms with Crippen molar-refractivity contribution in [3.63, 3.8) is 0 Å². The van der Waals surface area contributed by atoms with Crippen molar-refractivity contribution in [3.8, 4) is 11.6 Å². The molecule has 1 saturated carbocycles. The zero-order chi connectivity index (χ0) is 9.26. The van der Waals surface area contributed by atoms with Gasteiger partial charge < -0.3 is 15.2 Å². The molecule has 1 fully saturated rings. The minimum absolute atomic E-state index is 0.194. The van der Waals surface area contributed by atoms with E-state index >= 15 is 0 Å². The van der Waals surface area contributed by atoms with Crippen molar-refractivity contribution in [2.24, 2.45) is 0 Å². The Labute approximate surface area is 75.9 Å². The predicted octanol–water partition coefficient (Wildman–Crippen LogP) is 0.609. The van der Waals surface area contributed by atoms with Crippen molar-refractivity contribution in [1.82, 2.24) is 9.97 Å². The number of rotatable bonds is 3. The molecule has 0 saturated heterocycles. The van der Waals surface area contributed by atoms with E-state index < -0.39 is 0 Å². The first-order chi connectivity index (χ1) is 6.29. The second kappa shape index (κ2) is 3.08. The Morgan fingerprint density at radius 2 is 2.31 bits per heavy atom. The summed E-state index contributed by atoms with van der Waals surface area (Å²) in [6.07, 6.45) is 4.03. The molecule has 0 aliphatic heterocycles. The molecule has 2 rings (SSSR count). The van der Waals surface area contributed by atoms with Gasteiger partial charge in [0, 0.05) is 0 Å². The molecule has 0 atom stereocenters. The SMILES string of the molecule is COc1nc(N)ncc1OC1CC1. The molecular formula is C8H11N3O2. The van der Waals surface area contributed by atoms with Crippen LogP contribution in [0.1, 0.15) is 12.8 Å². The standard InChI is InChI=1S/C8H11N3O2/c1-12-7-6(13-5-2-3-5)4-10-8(9)11-7/h4-5H,2-3H2,1H3,(H2,9,10,11). The lowest BCUT2D eigenvalue weighted by molar-refractivity contribution is 0.275. The van der Waals surface area contributed by atoms with Crippen LogP contribution >= 0.6 is 0 Å². The molecule has 0 amide bonds. The largest absolute Gasteiger partial charge is 0.483 e. The fourth-order valence-electron chi connectivity index (χ4n) is 0.961. The summed E-state index contributed by atoms with van der Waals surface area (Å²) < 4.78 is 10.5. The van der Waals surface area contributed by atoms with Gasteiger partial charge in [0.05, 0.1) is 19.4 Å². The van der Waals surface area contributed by atoms with Crippen molar-refractivity contribution in [2.75, 3.05) is 12.8 Å². The summed E-state index contributed by atoms with van der Waals surface area (Å²) in [6.45, 7) is 0. The number of hydrogen-bond donors (Lipinski definition) is 1. The lowest BCUT2D eigenvalue weighted by Gasteiger charge is -2.07. The van der Waals surface area contributed by atoms with Gasteiger partial charge in [0.15, 0.2) is 5.75 Å². The van der Waals surface area contributed by atoms with E-state index in [9.17, 15) is 0 Å². The van der Waals surface area contributed by atoms with E-state index in [2.05, 4.69) is 9.97 Å². The van der Waals surface area contributed by atoms with Crippen molar-refractivity contribution in [2.45, 2.75) is 18.9 Å². The average molecular weight is 181 g/mol. The van der Waals surface area contributed by atoms with Gasteiger partial charge in [0.2, 0.25) is 5.95 Å². The van der Waals surface area contributed by atoms with E-state index in [0.29, 0.717) is 17.7 Å². The first-order valence-corrected chi connectivity index (χ1v) is 4.13. The van der Waals surface area contributed by atoms with Crippen LogP contribution in [-0.2, 0) is 0 Å². The van der Waals surface area contributed by atoms with Gasteiger partial charge in [-0.1, -0.05) is 0 Å². The Morgan fingerprint density at radius 3 is 2.92 bits per heavy atom. The monoisotopic (exact) mass is 181 g/mol. The van der Waals surface area contributed by atoms with Gasteiger partial charge >= 0.3 is 0 Å². The Hall–Kier alpha value is -1.52. The smallest absolute Gasteiger partial charge is 0.261 e. The van der Waals surface area contributed by atoms with Crippen LogP contribution in [0, 0.1) is 0 Å². The lowest BCUT2D eigenvalue weighted by Crippen LogP contribution is -2.03. The molecule has 1 heterocycles. The predicted molar refractivity (Wildman–Crippen MR) is 46.6 cm³/mol. The highest BCUT2D eigenvalue weighted by Gasteiger charge is 2.25. The van der Waals surface area contributed by atoms with Crippen LogP contribution in [0.5, 0.6) is 11.6 Å².